The van der Waals surface area contributed by atoms with Crippen LogP contribution < -0.4 is 5.32 Å². The zero-order chi connectivity index (χ0) is 18.6. The fraction of sp³-hybridized carbons (Fsp3) is 0.0909. The summed E-state index contributed by atoms with van der Waals surface area (Å²) in [7, 11) is 0. The lowest BCUT2D eigenvalue weighted by atomic mass is 10.1. The van der Waals surface area contributed by atoms with Gasteiger partial charge in [0.1, 0.15) is 5.25 Å². The number of hydrogen-bond donors (Lipinski definition) is 1. The van der Waals surface area contributed by atoms with Crippen LogP contribution in [0.25, 0.3) is 10.2 Å². The molecule has 0 radical (unpaired) electrons. The molecule has 0 saturated carbocycles. The van der Waals surface area contributed by atoms with Crippen LogP contribution in [0, 0.1) is 6.92 Å². The van der Waals surface area contributed by atoms with Crippen molar-refractivity contribution in [3.8, 4) is 0 Å². The van der Waals surface area contributed by atoms with Crippen LogP contribution in [-0.4, -0.2) is 10.9 Å². The predicted octanol–water partition coefficient (Wildman–Crippen LogP) is 6.08. The molecule has 0 aliphatic rings. The molecule has 1 amide bonds. The van der Waals surface area contributed by atoms with Crippen LogP contribution in [0.4, 0.5) is 5.69 Å². The number of aryl methyl sites for hydroxylation is 1. The number of nitrogens with one attached hydrogen (secondary N) is 1. The van der Waals surface area contributed by atoms with Crippen LogP contribution in [0.5, 0.6) is 0 Å². The van der Waals surface area contributed by atoms with E-state index in [1.807, 2.05) is 79.7 Å². The van der Waals surface area contributed by atoms with E-state index in [-0.39, 0.29) is 11.2 Å². The van der Waals surface area contributed by atoms with Crippen LogP contribution in [0.15, 0.2) is 83.2 Å². The highest BCUT2D eigenvalue weighted by Gasteiger charge is 2.24. The Balaban J connectivity index is 1.62. The average Bonchev–Trinajstić information content (AvgIpc) is 3.11. The summed E-state index contributed by atoms with van der Waals surface area (Å²) in [5.74, 6) is -0.0469. The highest BCUT2D eigenvalue weighted by Crippen LogP contribution is 2.39. The molecule has 3 aromatic carbocycles. The molecule has 27 heavy (non-hydrogen) atoms. The highest BCUT2D eigenvalue weighted by atomic mass is 32.2. The van der Waals surface area contributed by atoms with Crippen molar-refractivity contribution in [2.45, 2.75) is 16.5 Å². The third-order valence-electron chi connectivity index (χ3n) is 4.15. The molecule has 3 nitrogen and oxygen atoms in total. The van der Waals surface area contributed by atoms with Gasteiger partial charge in [-0.3, -0.25) is 4.79 Å². The Labute approximate surface area is 166 Å². The standard InChI is InChI=1S/C22H18N2OS2/c1-15-11-13-17(14-12-15)23-21(25)20(16-7-3-2-4-8-16)27-22-24-18-9-5-6-10-19(18)26-22/h2-14,20H,1H3,(H,23,25). The van der Waals surface area contributed by atoms with E-state index in [1.165, 1.54) is 11.8 Å². The number of thioether (sulfide) groups is 1. The van der Waals surface area contributed by atoms with Gasteiger partial charge in [0, 0.05) is 5.69 Å². The maximum atomic E-state index is 13.1. The number of hydrogen-bond acceptors (Lipinski definition) is 4. The molecule has 0 bridgehead atoms. The Morgan fingerprint density at radius 3 is 2.41 bits per heavy atom. The van der Waals surface area contributed by atoms with Crippen molar-refractivity contribution in [3.05, 3.63) is 90.0 Å². The molecule has 4 aromatic rings. The summed E-state index contributed by atoms with van der Waals surface area (Å²) in [6, 6.07) is 25.7. The second-order valence-corrected chi connectivity index (χ2v) is 8.59. The van der Waals surface area contributed by atoms with Gasteiger partial charge in [0.15, 0.2) is 4.34 Å². The quantitative estimate of drug-likeness (QED) is 0.420. The summed E-state index contributed by atoms with van der Waals surface area (Å²) in [6.45, 7) is 2.03. The number of nitrogens with zero attached hydrogens (tertiary/aromatic N) is 1. The monoisotopic (exact) mass is 390 g/mol. The molecule has 4 rings (SSSR count). The van der Waals surface area contributed by atoms with E-state index in [4.69, 9.17) is 0 Å². The van der Waals surface area contributed by atoms with E-state index >= 15 is 0 Å². The highest BCUT2D eigenvalue weighted by molar-refractivity contribution is 8.02. The smallest absolute Gasteiger partial charge is 0.242 e. The average molecular weight is 391 g/mol. The number of carbonyl (C=O) groups excluding carboxylic acids is 1. The number of thiazole rings is 1. The summed E-state index contributed by atoms with van der Waals surface area (Å²) in [5, 5.41) is 2.67. The normalized spacial score (nSPS) is 12.0. The van der Waals surface area contributed by atoms with E-state index in [9.17, 15) is 4.79 Å². The maximum absolute atomic E-state index is 13.1. The molecule has 0 aliphatic carbocycles. The van der Waals surface area contributed by atoms with Crippen LogP contribution in [0.3, 0.4) is 0 Å². The van der Waals surface area contributed by atoms with Crippen molar-refractivity contribution in [3.63, 3.8) is 0 Å². The van der Waals surface area contributed by atoms with Gasteiger partial charge in [-0.15, -0.1) is 11.3 Å². The Morgan fingerprint density at radius 1 is 0.963 bits per heavy atom. The van der Waals surface area contributed by atoms with Gasteiger partial charge >= 0.3 is 0 Å². The van der Waals surface area contributed by atoms with E-state index in [0.29, 0.717) is 0 Å². The zero-order valence-electron chi connectivity index (χ0n) is 14.8. The van der Waals surface area contributed by atoms with E-state index in [2.05, 4.69) is 16.4 Å². The lowest BCUT2D eigenvalue weighted by Gasteiger charge is -2.16. The Bertz CT molecular complexity index is 1030. The molecular weight excluding hydrogens is 372 g/mol. The molecule has 1 atom stereocenters. The third-order valence-corrected chi connectivity index (χ3v) is 6.54. The van der Waals surface area contributed by atoms with Gasteiger partial charge in [-0.1, -0.05) is 71.9 Å². The number of aromatic nitrogens is 1. The van der Waals surface area contributed by atoms with Crippen LogP contribution in [0.2, 0.25) is 0 Å². The number of para-hydroxylation sites is 1. The van der Waals surface area contributed by atoms with Crippen molar-refractivity contribution in [2.24, 2.45) is 0 Å². The van der Waals surface area contributed by atoms with Gasteiger partial charge in [-0.25, -0.2) is 4.98 Å². The maximum Gasteiger partial charge on any atom is 0.242 e. The summed E-state index contributed by atoms with van der Waals surface area (Å²) < 4.78 is 2.02. The fourth-order valence-electron chi connectivity index (χ4n) is 2.75. The number of anilines is 1. The van der Waals surface area contributed by atoms with E-state index in [0.717, 1.165) is 31.4 Å². The molecule has 1 unspecified atom stereocenters. The fourth-order valence-corrected chi connectivity index (χ4v) is 5.01. The first-order valence-electron chi connectivity index (χ1n) is 8.64. The largest absolute Gasteiger partial charge is 0.325 e. The molecule has 0 fully saturated rings. The molecule has 0 spiro atoms. The number of fused-ring (bicyclic) bond motifs is 1. The molecule has 5 heteroatoms. The third kappa shape index (κ3) is 4.21. The van der Waals surface area contributed by atoms with Gasteiger partial charge < -0.3 is 5.32 Å². The first-order chi connectivity index (χ1) is 13.2. The van der Waals surface area contributed by atoms with Crippen molar-refractivity contribution in [1.29, 1.82) is 0 Å². The van der Waals surface area contributed by atoms with Crippen molar-refractivity contribution in [1.82, 2.24) is 4.98 Å². The molecule has 1 aromatic heterocycles. The lowest BCUT2D eigenvalue weighted by Crippen LogP contribution is -2.19. The van der Waals surface area contributed by atoms with Gasteiger partial charge in [0.05, 0.1) is 10.2 Å². The molecule has 1 heterocycles. The van der Waals surface area contributed by atoms with Gasteiger partial charge in [-0.05, 0) is 36.8 Å². The number of rotatable bonds is 5. The van der Waals surface area contributed by atoms with Crippen LogP contribution in [-0.2, 0) is 4.79 Å². The van der Waals surface area contributed by atoms with Crippen molar-refractivity contribution < 1.29 is 4.79 Å². The Kier molecular flexibility index (Phi) is 5.23. The van der Waals surface area contributed by atoms with Crippen molar-refractivity contribution in [2.75, 3.05) is 5.32 Å². The Hall–Kier alpha value is -2.63. The lowest BCUT2D eigenvalue weighted by molar-refractivity contribution is -0.115. The number of amides is 1. The van der Waals surface area contributed by atoms with Gasteiger partial charge in [0.2, 0.25) is 5.91 Å². The summed E-state index contributed by atoms with van der Waals surface area (Å²) in [5.41, 5.74) is 3.90. The van der Waals surface area contributed by atoms with Crippen LogP contribution >= 0.6 is 23.1 Å². The van der Waals surface area contributed by atoms with Crippen molar-refractivity contribution >= 4 is 44.9 Å². The number of carbonyl (C=O) groups is 1. The molecule has 1 N–H and O–H groups in total. The summed E-state index contributed by atoms with van der Waals surface area (Å²) in [4.78, 5) is 17.7. The Morgan fingerprint density at radius 2 is 1.67 bits per heavy atom. The molecular formula is C22H18N2OS2. The first-order valence-corrected chi connectivity index (χ1v) is 10.3. The topological polar surface area (TPSA) is 42.0 Å². The summed E-state index contributed by atoms with van der Waals surface area (Å²) >= 11 is 3.11. The summed E-state index contributed by atoms with van der Waals surface area (Å²) in [6.07, 6.45) is 0. The van der Waals surface area contributed by atoms with Gasteiger partial charge in [-0.2, -0.15) is 0 Å². The minimum absolute atomic E-state index is 0.0469. The van der Waals surface area contributed by atoms with E-state index in [1.54, 1.807) is 11.3 Å². The second-order valence-electron chi connectivity index (χ2n) is 6.21. The minimum Gasteiger partial charge on any atom is -0.325 e. The predicted molar refractivity (Wildman–Crippen MR) is 114 cm³/mol. The first kappa shape index (κ1) is 17.8. The SMILES string of the molecule is Cc1ccc(NC(=O)C(Sc2nc3ccccc3s2)c2ccccc2)cc1. The number of benzene rings is 3. The zero-order valence-corrected chi connectivity index (χ0v) is 16.4. The van der Waals surface area contributed by atoms with E-state index < -0.39 is 0 Å². The minimum atomic E-state index is -0.368. The molecule has 0 aliphatic heterocycles. The molecule has 0 saturated heterocycles. The van der Waals surface area contributed by atoms with Crippen LogP contribution in [0.1, 0.15) is 16.4 Å². The second kappa shape index (κ2) is 7.94. The van der Waals surface area contributed by atoms with Gasteiger partial charge in [0.25, 0.3) is 0 Å². The molecule has 134 valence electrons.